The molecule has 0 aliphatic heterocycles. The maximum atomic E-state index is 10.3. The third-order valence-corrected chi connectivity index (χ3v) is 3.82. The number of aromatic nitrogens is 2. The van der Waals surface area contributed by atoms with Gasteiger partial charge in [0.15, 0.2) is 11.0 Å². The summed E-state index contributed by atoms with van der Waals surface area (Å²) in [6, 6.07) is 16.0. The van der Waals surface area contributed by atoms with E-state index >= 15 is 0 Å². The van der Waals surface area contributed by atoms with Crippen LogP contribution in [0.3, 0.4) is 0 Å². The number of fused-ring (bicyclic) bond motifs is 1. The van der Waals surface area contributed by atoms with Gasteiger partial charge in [0.25, 0.3) is 0 Å². The van der Waals surface area contributed by atoms with Gasteiger partial charge >= 0.3 is 0 Å². The molecule has 1 unspecified atom stereocenters. The summed E-state index contributed by atoms with van der Waals surface area (Å²) in [5.41, 5.74) is 3.34. The van der Waals surface area contributed by atoms with E-state index in [-0.39, 0.29) is 30.6 Å². The Morgan fingerprint density at radius 1 is 1.13 bits per heavy atom. The molecule has 1 aromatic heterocycles. The van der Waals surface area contributed by atoms with E-state index in [1.54, 1.807) is 0 Å². The molecule has 2 aromatic carbocycles. The fourth-order valence-corrected chi connectivity index (χ4v) is 2.67. The summed E-state index contributed by atoms with van der Waals surface area (Å²) in [4.78, 5) is 0. The van der Waals surface area contributed by atoms with Crippen molar-refractivity contribution >= 4 is 11.0 Å². The Labute approximate surface area is 153 Å². The summed E-state index contributed by atoms with van der Waals surface area (Å²) in [5.74, 6) is 0.824. The van der Waals surface area contributed by atoms with Crippen LogP contribution in [0, 0.1) is 6.92 Å². The predicted molar refractivity (Wildman–Crippen MR) is 85.8 cm³/mol. The second-order valence-electron chi connectivity index (χ2n) is 5.60. The predicted octanol–water partition coefficient (Wildman–Crippen LogP) is -0.782. The molecule has 0 aliphatic rings. The molecule has 1 heterocycles. The number of hydrogen-bond acceptors (Lipinski definition) is 2. The number of nitrogens with zero attached hydrogens (tertiary/aromatic N) is 2. The van der Waals surface area contributed by atoms with E-state index < -0.39 is 6.10 Å². The number of aliphatic hydroxyl groups is 1. The fourth-order valence-electron chi connectivity index (χ4n) is 2.67. The molecule has 0 saturated heterocycles. The third-order valence-electron chi connectivity index (χ3n) is 3.82. The van der Waals surface area contributed by atoms with Crippen molar-refractivity contribution in [2.24, 2.45) is 7.05 Å². The average molecular weight is 424 g/mol. The average Bonchev–Trinajstić information content (AvgIpc) is 2.83. The number of para-hydroxylation sites is 3. The fraction of sp³-hybridized carbons (Fsp3) is 0.278. The van der Waals surface area contributed by atoms with Crippen molar-refractivity contribution in [1.29, 1.82) is 0 Å². The van der Waals surface area contributed by atoms with Crippen molar-refractivity contribution in [3.05, 3.63) is 60.4 Å². The summed E-state index contributed by atoms with van der Waals surface area (Å²) in [6.45, 7) is 2.79. The molecular formula is C18H21IN2O2. The van der Waals surface area contributed by atoms with Crippen LogP contribution in [0.2, 0.25) is 0 Å². The zero-order valence-electron chi connectivity index (χ0n) is 13.3. The highest BCUT2D eigenvalue weighted by molar-refractivity contribution is 5.71. The summed E-state index contributed by atoms with van der Waals surface area (Å²) < 4.78 is 9.84. The second-order valence-corrected chi connectivity index (χ2v) is 5.60. The maximum Gasteiger partial charge on any atom is 0.244 e. The van der Waals surface area contributed by atoms with Gasteiger partial charge in [0.05, 0.1) is 7.05 Å². The number of rotatable bonds is 5. The Hall–Kier alpha value is -1.60. The molecule has 122 valence electrons. The molecule has 0 aliphatic carbocycles. The normalized spacial score (nSPS) is 12.0. The van der Waals surface area contributed by atoms with E-state index in [0.717, 1.165) is 22.3 Å². The van der Waals surface area contributed by atoms with E-state index in [9.17, 15) is 5.11 Å². The van der Waals surface area contributed by atoms with Gasteiger partial charge in [0.1, 0.15) is 25.0 Å². The first-order chi connectivity index (χ1) is 10.6. The summed E-state index contributed by atoms with van der Waals surface area (Å²) in [6.07, 6.45) is 1.44. The van der Waals surface area contributed by atoms with Gasteiger partial charge < -0.3 is 33.8 Å². The topological polar surface area (TPSA) is 38.3 Å². The quantitative estimate of drug-likeness (QED) is 0.431. The molecule has 3 aromatic rings. The van der Waals surface area contributed by atoms with E-state index in [2.05, 4.69) is 21.3 Å². The van der Waals surface area contributed by atoms with Gasteiger partial charge in [0, 0.05) is 0 Å². The molecule has 1 atom stereocenters. The first-order valence-corrected chi connectivity index (χ1v) is 7.45. The van der Waals surface area contributed by atoms with E-state index in [1.807, 2.05) is 56.7 Å². The minimum Gasteiger partial charge on any atom is -1.00 e. The van der Waals surface area contributed by atoms with Crippen molar-refractivity contribution in [2.75, 3.05) is 6.61 Å². The molecule has 4 nitrogen and oxygen atoms in total. The van der Waals surface area contributed by atoms with Crippen molar-refractivity contribution in [3.63, 3.8) is 0 Å². The Balaban J connectivity index is 0.00000192. The Bertz CT molecular complexity index is 786. The molecular weight excluding hydrogens is 403 g/mol. The number of ether oxygens (including phenoxy) is 1. The second kappa shape index (κ2) is 7.79. The minimum absolute atomic E-state index is 0. The van der Waals surface area contributed by atoms with Crippen LogP contribution < -0.4 is 33.3 Å². The number of halogens is 1. The van der Waals surface area contributed by atoms with Crippen LogP contribution in [-0.2, 0) is 13.6 Å². The van der Waals surface area contributed by atoms with Crippen LogP contribution >= 0.6 is 0 Å². The highest BCUT2D eigenvalue weighted by Crippen LogP contribution is 2.17. The van der Waals surface area contributed by atoms with Gasteiger partial charge in [-0.2, -0.15) is 0 Å². The molecule has 0 amide bonds. The van der Waals surface area contributed by atoms with Crippen LogP contribution in [0.4, 0.5) is 0 Å². The largest absolute Gasteiger partial charge is 1.00 e. The van der Waals surface area contributed by atoms with Gasteiger partial charge in [-0.1, -0.05) is 30.3 Å². The zero-order chi connectivity index (χ0) is 15.5. The first kappa shape index (κ1) is 17.7. The van der Waals surface area contributed by atoms with Crippen LogP contribution in [0.15, 0.2) is 54.9 Å². The van der Waals surface area contributed by atoms with Gasteiger partial charge in [-0.3, -0.25) is 0 Å². The summed E-state index contributed by atoms with van der Waals surface area (Å²) in [5, 5.41) is 10.3. The van der Waals surface area contributed by atoms with Crippen LogP contribution in [0.25, 0.3) is 11.0 Å². The Morgan fingerprint density at radius 2 is 1.83 bits per heavy atom. The molecule has 0 spiro atoms. The van der Waals surface area contributed by atoms with E-state index in [4.69, 9.17) is 4.74 Å². The molecule has 0 fully saturated rings. The zero-order valence-corrected chi connectivity index (χ0v) is 15.5. The van der Waals surface area contributed by atoms with Gasteiger partial charge in [0.2, 0.25) is 6.33 Å². The number of benzene rings is 2. The van der Waals surface area contributed by atoms with Crippen LogP contribution in [0.5, 0.6) is 5.75 Å². The molecule has 0 saturated carbocycles. The van der Waals surface area contributed by atoms with Crippen molar-refractivity contribution in [1.82, 2.24) is 4.57 Å². The number of aliphatic hydroxyl groups excluding tert-OH is 1. The molecule has 0 bridgehead atoms. The Morgan fingerprint density at radius 3 is 2.61 bits per heavy atom. The molecule has 1 N–H and O–H groups in total. The highest BCUT2D eigenvalue weighted by Gasteiger charge is 2.16. The summed E-state index contributed by atoms with van der Waals surface area (Å²) in [7, 11) is 2.01. The lowest BCUT2D eigenvalue weighted by Gasteiger charge is -2.12. The number of imidazole rings is 1. The van der Waals surface area contributed by atoms with Gasteiger partial charge in [-0.05, 0) is 30.7 Å². The molecule has 23 heavy (non-hydrogen) atoms. The molecule has 0 radical (unpaired) electrons. The maximum absolute atomic E-state index is 10.3. The van der Waals surface area contributed by atoms with Crippen molar-refractivity contribution < 1.29 is 38.4 Å². The number of aryl methyl sites for hydroxylation is 2. The molecule has 5 heteroatoms. The number of hydrogen-bond donors (Lipinski definition) is 1. The van der Waals surface area contributed by atoms with Crippen LogP contribution in [0.1, 0.15) is 5.56 Å². The third kappa shape index (κ3) is 4.03. The standard InChI is InChI=1S/C18H21N2O2.HI/c1-14-7-3-6-10-18(14)22-12-15(21)11-20-13-19(2)16-8-4-5-9-17(16)20;/h3-10,13,15,21H,11-12H2,1-2H3;1H/q+1;/p-1. The molecule has 3 rings (SSSR count). The van der Waals surface area contributed by atoms with Gasteiger partial charge in [-0.15, -0.1) is 0 Å². The monoisotopic (exact) mass is 424 g/mol. The first-order valence-electron chi connectivity index (χ1n) is 7.45. The smallest absolute Gasteiger partial charge is 0.244 e. The van der Waals surface area contributed by atoms with Crippen LogP contribution in [-0.4, -0.2) is 22.4 Å². The Kier molecular flexibility index (Phi) is 6.01. The lowest BCUT2D eigenvalue weighted by atomic mass is 10.2. The van der Waals surface area contributed by atoms with Crippen molar-refractivity contribution in [2.45, 2.75) is 19.6 Å². The SMILES string of the molecule is Cc1ccccc1OCC(O)Cn1c[n+](C)c2ccccc21.[I-]. The van der Waals surface area contributed by atoms with Gasteiger partial charge in [-0.25, -0.2) is 9.13 Å². The lowest BCUT2D eigenvalue weighted by Crippen LogP contribution is -3.00. The van der Waals surface area contributed by atoms with E-state index in [0.29, 0.717) is 6.54 Å². The van der Waals surface area contributed by atoms with Crippen molar-refractivity contribution in [3.8, 4) is 5.75 Å². The lowest BCUT2D eigenvalue weighted by molar-refractivity contribution is -0.645. The summed E-state index contributed by atoms with van der Waals surface area (Å²) >= 11 is 0. The highest BCUT2D eigenvalue weighted by atomic mass is 127. The van der Waals surface area contributed by atoms with E-state index in [1.165, 1.54) is 0 Å². The minimum atomic E-state index is -0.560.